The molecular formula is C27H31NO10. The molecule has 0 bridgehead atoms. The third-order valence-corrected chi connectivity index (χ3v) is 7.80. The molecule has 11 heteroatoms. The summed E-state index contributed by atoms with van der Waals surface area (Å²) < 4.78 is 17.2. The lowest BCUT2D eigenvalue weighted by Gasteiger charge is -2.42. The molecule has 3 aliphatic rings. The van der Waals surface area contributed by atoms with E-state index < -0.39 is 59.3 Å². The highest BCUT2D eigenvalue weighted by Gasteiger charge is 2.47. The van der Waals surface area contributed by atoms with E-state index in [0.29, 0.717) is 0 Å². The Morgan fingerprint density at radius 1 is 1.13 bits per heavy atom. The normalized spacial score (nSPS) is 30.4. The van der Waals surface area contributed by atoms with Gasteiger partial charge in [-0.15, -0.1) is 0 Å². The number of phenolic OH excluding ortho intramolecular Hbond substituents is 2. The molecule has 5 rings (SSSR count). The fourth-order valence-electron chi connectivity index (χ4n) is 5.86. The van der Waals surface area contributed by atoms with Crippen LogP contribution in [0.3, 0.4) is 0 Å². The maximum atomic E-state index is 13.6. The smallest absolute Gasteiger partial charge is 0.202 e. The van der Waals surface area contributed by atoms with Crippen LogP contribution in [0.1, 0.15) is 75.3 Å². The summed E-state index contributed by atoms with van der Waals surface area (Å²) in [5.74, 6) is -2.33. The Balaban J connectivity index is 1.66. The molecule has 1 saturated heterocycles. The lowest BCUT2D eigenvalue weighted by atomic mass is 9.72. The number of phenols is 2. The van der Waals surface area contributed by atoms with Crippen molar-refractivity contribution in [2.75, 3.05) is 13.7 Å². The molecule has 2 aromatic rings. The van der Waals surface area contributed by atoms with Gasteiger partial charge in [0.05, 0.1) is 47.7 Å². The average molecular weight is 530 g/mol. The standard InChI is InChI=1S/C27H31NO10/c1-11-22(30)14(28)8-17(37-11)38-16-10-27(35,6-7-29)9-13-19(16)26(34)21-20(24(13)32)23(31)12-4-3-5-15(36-2)18(12)25(21)33/h3-5,11,14,16-17,22,29-30,32,34-35H,6-10,28H2,1-2H3/t11?,14?,16-,17?,22?,27-/m0/s1. The number of hydrogen-bond donors (Lipinski definition) is 6. The van der Waals surface area contributed by atoms with Crippen LogP contribution in [-0.4, -0.2) is 81.0 Å². The van der Waals surface area contributed by atoms with Crippen LogP contribution in [0.15, 0.2) is 18.2 Å². The van der Waals surface area contributed by atoms with E-state index in [4.69, 9.17) is 19.9 Å². The van der Waals surface area contributed by atoms with Crippen LogP contribution in [-0.2, 0) is 15.9 Å². The molecule has 11 nitrogen and oxygen atoms in total. The van der Waals surface area contributed by atoms with Crippen LogP contribution in [0.2, 0.25) is 0 Å². The molecule has 4 unspecified atom stereocenters. The second kappa shape index (κ2) is 9.60. The van der Waals surface area contributed by atoms with Crippen molar-refractivity contribution in [1.29, 1.82) is 0 Å². The molecule has 1 heterocycles. The predicted octanol–water partition coefficient (Wildman–Crippen LogP) is 0.822. The van der Waals surface area contributed by atoms with Crippen molar-refractivity contribution in [1.82, 2.24) is 0 Å². The van der Waals surface area contributed by atoms with Crippen molar-refractivity contribution in [2.24, 2.45) is 5.73 Å². The van der Waals surface area contributed by atoms with Gasteiger partial charge in [-0.2, -0.15) is 0 Å². The van der Waals surface area contributed by atoms with Gasteiger partial charge in [0.15, 0.2) is 12.1 Å². The van der Waals surface area contributed by atoms with Crippen LogP contribution in [0.5, 0.6) is 17.2 Å². The number of aromatic hydroxyl groups is 2. The summed E-state index contributed by atoms with van der Waals surface area (Å²) in [6.45, 7) is 1.26. The Bertz CT molecular complexity index is 1300. The molecule has 2 aliphatic carbocycles. The van der Waals surface area contributed by atoms with E-state index in [2.05, 4.69) is 0 Å². The summed E-state index contributed by atoms with van der Waals surface area (Å²) in [4.78, 5) is 27.1. The van der Waals surface area contributed by atoms with Gasteiger partial charge in [0, 0.05) is 48.6 Å². The average Bonchev–Trinajstić information content (AvgIpc) is 2.87. The zero-order valence-electron chi connectivity index (χ0n) is 21.0. The third-order valence-electron chi connectivity index (χ3n) is 7.80. The van der Waals surface area contributed by atoms with E-state index in [9.17, 15) is 35.1 Å². The van der Waals surface area contributed by atoms with E-state index in [1.54, 1.807) is 13.0 Å². The van der Waals surface area contributed by atoms with Gasteiger partial charge < -0.3 is 45.5 Å². The first-order valence-corrected chi connectivity index (χ1v) is 12.5. The van der Waals surface area contributed by atoms with Crippen LogP contribution in [0.4, 0.5) is 0 Å². The topological polar surface area (TPSA) is 189 Å². The van der Waals surface area contributed by atoms with Crippen LogP contribution in [0, 0.1) is 0 Å². The van der Waals surface area contributed by atoms with Gasteiger partial charge >= 0.3 is 0 Å². The molecule has 0 radical (unpaired) electrons. The summed E-state index contributed by atoms with van der Waals surface area (Å²) in [5, 5.41) is 53.9. The second-order valence-electron chi connectivity index (χ2n) is 10.2. The maximum absolute atomic E-state index is 13.6. The molecule has 204 valence electrons. The number of methoxy groups -OCH3 is 1. The van der Waals surface area contributed by atoms with Gasteiger partial charge in [0.2, 0.25) is 5.78 Å². The molecule has 6 atom stereocenters. The van der Waals surface area contributed by atoms with Gasteiger partial charge in [0.1, 0.15) is 17.2 Å². The first-order chi connectivity index (χ1) is 18.0. The first-order valence-electron chi connectivity index (χ1n) is 12.5. The van der Waals surface area contributed by atoms with Crippen molar-refractivity contribution in [3.63, 3.8) is 0 Å². The zero-order chi connectivity index (χ0) is 27.5. The molecule has 0 amide bonds. The molecule has 0 saturated carbocycles. The van der Waals surface area contributed by atoms with Crippen molar-refractivity contribution >= 4 is 11.6 Å². The van der Waals surface area contributed by atoms with Crippen molar-refractivity contribution in [2.45, 2.75) is 68.9 Å². The summed E-state index contributed by atoms with van der Waals surface area (Å²) in [6.07, 6.45) is -3.89. The number of hydrogen-bond acceptors (Lipinski definition) is 11. The summed E-state index contributed by atoms with van der Waals surface area (Å²) in [7, 11) is 1.35. The molecule has 1 fully saturated rings. The Hall–Kier alpha value is -3.06. The van der Waals surface area contributed by atoms with Gasteiger partial charge in [0.25, 0.3) is 0 Å². The van der Waals surface area contributed by atoms with Gasteiger partial charge in [-0.25, -0.2) is 0 Å². The SMILES string of the molecule is COc1cccc2c1C(=O)c1c(O)c3c(c(O)c1C2=O)C[C@@](O)(CCO)C[C@@H]3OC1CC(N)C(O)C(C)O1. The number of ketones is 2. The fraction of sp³-hybridized carbons (Fsp3) is 0.481. The number of nitrogens with two attached hydrogens (primary N) is 1. The van der Waals surface area contributed by atoms with Crippen LogP contribution >= 0.6 is 0 Å². The first kappa shape index (κ1) is 26.5. The number of carbonyl (C=O) groups excluding carboxylic acids is 2. The van der Waals surface area contributed by atoms with E-state index in [1.807, 2.05) is 0 Å². The van der Waals surface area contributed by atoms with Crippen molar-refractivity contribution in [3.8, 4) is 17.2 Å². The quantitative estimate of drug-likeness (QED) is 0.257. The molecule has 0 aromatic heterocycles. The van der Waals surface area contributed by atoms with Crippen molar-refractivity contribution in [3.05, 3.63) is 51.6 Å². The summed E-state index contributed by atoms with van der Waals surface area (Å²) in [6, 6.07) is 3.84. The number of rotatable bonds is 5. The highest BCUT2D eigenvalue weighted by atomic mass is 16.7. The molecule has 2 aromatic carbocycles. The molecule has 1 aliphatic heterocycles. The number of aliphatic hydroxyl groups excluding tert-OH is 2. The maximum Gasteiger partial charge on any atom is 0.202 e. The van der Waals surface area contributed by atoms with Crippen LogP contribution < -0.4 is 10.5 Å². The van der Waals surface area contributed by atoms with E-state index >= 15 is 0 Å². The number of benzene rings is 2. The van der Waals surface area contributed by atoms with Crippen LogP contribution in [0.25, 0.3) is 0 Å². The molecular weight excluding hydrogens is 498 g/mol. The number of ether oxygens (including phenoxy) is 3. The van der Waals surface area contributed by atoms with E-state index in [0.717, 1.165) is 0 Å². The zero-order valence-corrected chi connectivity index (χ0v) is 21.0. The number of fused-ring (bicyclic) bond motifs is 3. The minimum atomic E-state index is -1.56. The summed E-state index contributed by atoms with van der Waals surface area (Å²) >= 11 is 0. The Morgan fingerprint density at radius 3 is 2.50 bits per heavy atom. The summed E-state index contributed by atoms with van der Waals surface area (Å²) in [5.41, 5.74) is 3.79. The molecule has 0 spiro atoms. The highest BCUT2D eigenvalue weighted by molar-refractivity contribution is 6.31. The Labute approximate surface area is 218 Å². The molecule has 7 N–H and O–H groups in total. The third kappa shape index (κ3) is 4.06. The fourth-order valence-corrected chi connectivity index (χ4v) is 5.86. The van der Waals surface area contributed by atoms with Gasteiger partial charge in [-0.3, -0.25) is 9.59 Å². The lowest BCUT2D eigenvalue weighted by Crippen LogP contribution is -2.52. The Morgan fingerprint density at radius 2 is 1.84 bits per heavy atom. The minimum absolute atomic E-state index is 0.0165. The Kier molecular flexibility index (Phi) is 6.70. The van der Waals surface area contributed by atoms with E-state index in [1.165, 1.54) is 19.2 Å². The van der Waals surface area contributed by atoms with Gasteiger partial charge in [-0.1, -0.05) is 12.1 Å². The van der Waals surface area contributed by atoms with E-state index in [-0.39, 0.29) is 71.4 Å². The number of aliphatic hydroxyl groups is 3. The van der Waals surface area contributed by atoms with Gasteiger partial charge in [-0.05, 0) is 19.4 Å². The predicted molar refractivity (Wildman–Crippen MR) is 131 cm³/mol. The lowest BCUT2D eigenvalue weighted by molar-refractivity contribution is -0.248. The largest absolute Gasteiger partial charge is 0.507 e. The molecule has 38 heavy (non-hydrogen) atoms. The second-order valence-corrected chi connectivity index (χ2v) is 10.2. The minimum Gasteiger partial charge on any atom is -0.507 e. The monoisotopic (exact) mass is 529 g/mol. The highest BCUT2D eigenvalue weighted by Crippen LogP contribution is 2.52. The number of carbonyl (C=O) groups is 2. The van der Waals surface area contributed by atoms with Crippen molar-refractivity contribution < 1.29 is 49.3 Å².